The van der Waals surface area contributed by atoms with Crippen LogP contribution in [-0.4, -0.2) is 16.6 Å². The Balaban J connectivity index is 0.00000129. The lowest BCUT2D eigenvalue weighted by Gasteiger charge is -2.16. The summed E-state index contributed by atoms with van der Waals surface area (Å²) >= 11 is 0. The van der Waals surface area contributed by atoms with Crippen molar-refractivity contribution in [3.8, 4) is 23.5 Å². The Kier molecular flexibility index (Phi) is 9.55. The Morgan fingerprint density at radius 1 is 0.833 bits per heavy atom. The molecular weight excluding hydrogens is 520 g/mol. The van der Waals surface area contributed by atoms with Crippen LogP contribution in [0.15, 0.2) is 97.1 Å². The first-order valence-corrected chi connectivity index (χ1v) is 13.9. The smallest absolute Gasteiger partial charge is 0.340 e. The summed E-state index contributed by atoms with van der Waals surface area (Å²) in [6, 6.07) is 32.7. The first kappa shape index (κ1) is 29.8. The highest BCUT2D eigenvalue weighted by Gasteiger charge is 2.18. The molecule has 0 aliphatic heterocycles. The van der Waals surface area contributed by atoms with Crippen LogP contribution in [0.25, 0.3) is 22.0 Å². The molecule has 4 aromatic carbocycles. The lowest BCUT2D eigenvalue weighted by molar-refractivity contribution is -0.191. The van der Waals surface area contributed by atoms with E-state index in [2.05, 4.69) is 104 Å². The van der Waals surface area contributed by atoms with Gasteiger partial charge in [-0.2, -0.15) is 9.59 Å². The van der Waals surface area contributed by atoms with E-state index in [1.807, 2.05) is 36.4 Å². The van der Waals surface area contributed by atoms with E-state index >= 15 is 0 Å². The second-order valence-electron chi connectivity index (χ2n) is 10.6. The molecule has 210 valence electrons. The van der Waals surface area contributed by atoms with Gasteiger partial charge < -0.3 is 9.88 Å². The van der Waals surface area contributed by atoms with Crippen LogP contribution in [0.1, 0.15) is 64.1 Å². The summed E-state index contributed by atoms with van der Waals surface area (Å²) in [6.07, 6.45) is 6.09. The summed E-state index contributed by atoms with van der Waals surface area (Å²) < 4.78 is 2.32. The minimum absolute atomic E-state index is 0.170. The van der Waals surface area contributed by atoms with Crippen LogP contribution in [-0.2, 0) is 16.1 Å². The molecule has 0 fully saturated rings. The van der Waals surface area contributed by atoms with Crippen LogP contribution in [0.5, 0.6) is 0 Å². The number of carbonyl (C=O) groups is 1. The molecule has 1 amide bonds. The summed E-state index contributed by atoms with van der Waals surface area (Å²) in [5, 5.41) is 4.13. The molecule has 1 N–H and O–H groups in total. The molecule has 5 rings (SSSR count). The number of hydrogen-bond acceptors (Lipinski definition) is 3. The van der Waals surface area contributed by atoms with E-state index in [1.165, 1.54) is 33.5 Å². The SMILES string of the molecule is C#C[C@@H](NC(=O)c1ccc2c(c1)c(C)c(C)n2Cc1ccc(-c2ccccc2)cc1)c1cccc(C(C)C)c1.O=C=O. The Labute approximate surface area is 247 Å². The molecule has 0 aliphatic rings. The quantitative estimate of drug-likeness (QED) is 0.211. The van der Waals surface area contributed by atoms with Gasteiger partial charge in [-0.3, -0.25) is 4.79 Å². The van der Waals surface area contributed by atoms with E-state index in [-0.39, 0.29) is 12.1 Å². The monoisotopic (exact) mass is 554 g/mol. The average Bonchev–Trinajstić information content (AvgIpc) is 3.25. The van der Waals surface area contributed by atoms with Crippen molar-refractivity contribution in [3.05, 3.63) is 131 Å². The number of benzene rings is 4. The molecule has 1 heterocycles. The van der Waals surface area contributed by atoms with E-state index in [1.54, 1.807) is 0 Å². The van der Waals surface area contributed by atoms with Crippen LogP contribution in [0.2, 0.25) is 0 Å². The van der Waals surface area contributed by atoms with Crippen molar-refractivity contribution in [2.24, 2.45) is 0 Å². The van der Waals surface area contributed by atoms with Crippen molar-refractivity contribution in [3.63, 3.8) is 0 Å². The summed E-state index contributed by atoms with van der Waals surface area (Å²) in [4.78, 5) is 29.5. The minimum atomic E-state index is -0.488. The summed E-state index contributed by atoms with van der Waals surface area (Å²) in [7, 11) is 0. The third-order valence-electron chi connectivity index (χ3n) is 7.66. The molecule has 1 aromatic heterocycles. The molecule has 0 spiro atoms. The summed E-state index contributed by atoms with van der Waals surface area (Å²) in [6.45, 7) is 9.32. The van der Waals surface area contributed by atoms with Gasteiger partial charge in [0, 0.05) is 28.7 Å². The largest absolute Gasteiger partial charge is 0.373 e. The number of rotatable bonds is 7. The van der Waals surface area contributed by atoms with Gasteiger partial charge >= 0.3 is 6.15 Å². The Hall–Kier alpha value is -5.17. The van der Waals surface area contributed by atoms with Crippen LogP contribution in [0.4, 0.5) is 0 Å². The fourth-order valence-corrected chi connectivity index (χ4v) is 5.14. The average molecular weight is 555 g/mol. The molecule has 5 aromatic rings. The molecule has 42 heavy (non-hydrogen) atoms. The van der Waals surface area contributed by atoms with E-state index in [0.29, 0.717) is 11.5 Å². The van der Waals surface area contributed by atoms with Gasteiger partial charge in [0.15, 0.2) is 0 Å². The lowest BCUT2D eigenvalue weighted by atomic mass is 9.97. The fourth-order valence-electron chi connectivity index (χ4n) is 5.14. The Morgan fingerprint density at radius 2 is 1.48 bits per heavy atom. The molecular formula is C37H34N2O3. The van der Waals surface area contributed by atoms with Gasteiger partial charge in [-0.15, -0.1) is 6.42 Å². The van der Waals surface area contributed by atoms with Gasteiger partial charge in [0.2, 0.25) is 0 Å². The molecule has 0 radical (unpaired) electrons. The second-order valence-corrected chi connectivity index (χ2v) is 10.6. The number of terminal acetylenes is 1. The van der Waals surface area contributed by atoms with Crippen LogP contribution in [0, 0.1) is 26.2 Å². The number of aryl methyl sites for hydroxylation is 1. The number of hydrogen-bond donors (Lipinski definition) is 1. The number of amides is 1. The first-order valence-electron chi connectivity index (χ1n) is 13.9. The highest BCUT2D eigenvalue weighted by Crippen LogP contribution is 2.28. The minimum Gasteiger partial charge on any atom is -0.340 e. The molecule has 0 bridgehead atoms. The first-order chi connectivity index (χ1) is 20.3. The molecule has 5 nitrogen and oxygen atoms in total. The highest BCUT2D eigenvalue weighted by atomic mass is 16.2. The normalized spacial score (nSPS) is 11.2. The van der Waals surface area contributed by atoms with Gasteiger partial charge in [0.1, 0.15) is 6.04 Å². The highest BCUT2D eigenvalue weighted by molar-refractivity contribution is 5.99. The zero-order chi connectivity index (χ0) is 30.2. The van der Waals surface area contributed by atoms with Crippen molar-refractivity contribution in [1.29, 1.82) is 0 Å². The summed E-state index contributed by atoms with van der Waals surface area (Å²) in [5.41, 5.74) is 9.88. The maximum absolute atomic E-state index is 13.3. The van der Waals surface area contributed by atoms with E-state index in [9.17, 15) is 4.79 Å². The van der Waals surface area contributed by atoms with Crippen molar-refractivity contribution in [2.45, 2.75) is 46.2 Å². The third-order valence-corrected chi connectivity index (χ3v) is 7.66. The van der Waals surface area contributed by atoms with Gasteiger partial charge in [-0.25, -0.2) is 0 Å². The number of nitrogens with zero attached hydrogens (tertiary/aromatic N) is 1. The predicted molar refractivity (Wildman–Crippen MR) is 167 cm³/mol. The van der Waals surface area contributed by atoms with Gasteiger partial charge in [0.05, 0.1) is 0 Å². The molecule has 0 saturated heterocycles. The zero-order valence-electron chi connectivity index (χ0n) is 24.3. The maximum Gasteiger partial charge on any atom is 0.373 e. The number of aromatic nitrogens is 1. The predicted octanol–water partition coefficient (Wildman–Crippen LogP) is 7.62. The van der Waals surface area contributed by atoms with E-state index in [4.69, 9.17) is 16.0 Å². The van der Waals surface area contributed by atoms with E-state index < -0.39 is 6.04 Å². The number of carbonyl (C=O) groups excluding carboxylic acids is 3. The van der Waals surface area contributed by atoms with Gasteiger partial charge in [-0.1, -0.05) is 98.6 Å². The number of nitrogens with one attached hydrogen (secondary N) is 1. The topological polar surface area (TPSA) is 68.2 Å². The molecule has 5 heteroatoms. The lowest BCUT2D eigenvalue weighted by Crippen LogP contribution is -2.27. The maximum atomic E-state index is 13.3. The Morgan fingerprint density at radius 3 is 2.12 bits per heavy atom. The third kappa shape index (κ3) is 6.58. The van der Waals surface area contributed by atoms with Crippen LogP contribution in [0.3, 0.4) is 0 Å². The standard InChI is InChI=1S/C36H34N2O.CO2/c1-6-34(31-14-10-13-30(21-31)24(2)3)37-36(39)32-19-20-35-33(22-32)25(4)26(5)38(35)23-27-15-17-29(18-16-27)28-11-8-7-9-12-28;2-1-3/h1,7-22,24,34H,23H2,2-5H3,(H,37,39);/t34-;/m1./s1. The van der Waals surface area contributed by atoms with E-state index in [0.717, 1.165) is 23.0 Å². The van der Waals surface area contributed by atoms with Crippen molar-refractivity contribution >= 4 is 23.0 Å². The van der Waals surface area contributed by atoms with Crippen molar-refractivity contribution in [1.82, 2.24) is 9.88 Å². The van der Waals surface area contributed by atoms with Gasteiger partial charge in [-0.05, 0) is 71.3 Å². The number of fused-ring (bicyclic) bond motifs is 1. The molecule has 0 aliphatic carbocycles. The van der Waals surface area contributed by atoms with Crippen LogP contribution < -0.4 is 5.32 Å². The molecule has 1 atom stereocenters. The second kappa shape index (κ2) is 13.5. The Bertz CT molecular complexity index is 1770. The zero-order valence-corrected chi connectivity index (χ0v) is 24.3. The van der Waals surface area contributed by atoms with Crippen LogP contribution >= 0.6 is 0 Å². The summed E-state index contributed by atoms with van der Waals surface area (Å²) in [5.74, 6) is 2.97. The molecule has 0 unspecified atom stereocenters. The fraction of sp³-hybridized carbons (Fsp3) is 0.189. The van der Waals surface area contributed by atoms with Crippen molar-refractivity contribution < 1.29 is 14.4 Å². The van der Waals surface area contributed by atoms with Crippen molar-refractivity contribution in [2.75, 3.05) is 0 Å². The van der Waals surface area contributed by atoms with Gasteiger partial charge in [0.25, 0.3) is 5.91 Å². The molecule has 0 saturated carbocycles.